The molecule has 1 fully saturated rings. The fraction of sp³-hybridized carbons (Fsp3) is 0.261. The number of aryl methyl sites for hydroxylation is 1. The summed E-state index contributed by atoms with van der Waals surface area (Å²) in [5.74, 6) is 0.591. The molecule has 0 N–H and O–H groups in total. The summed E-state index contributed by atoms with van der Waals surface area (Å²) < 4.78 is 20.5. The van der Waals surface area contributed by atoms with Gasteiger partial charge in [0.15, 0.2) is 0 Å². The molecule has 0 unspecified atom stereocenters. The number of methoxy groups -OCH3 is 1. The largest absolute Gasteiger partial charge is 0.495 e. The summed E-state index contributed by atoms with van der Waals surface area (Å²) in [5, 5.41) is 0. The number of carbonyl (C=O) groups excluding carboxylic acids is 1. The molecule has 150 valence electrons. The van der Waals surface area contributed by atoms with E-state index in [0.717, 1.165) is 35.7 Å². The second-order valence-electron chi connectivity index (χ2n) is 7.18. The smallest absolute Gasteiger partial charge is 0.270 e. The van der Waals surface area contributed by atoms with Crippen molar-refractivity contribution < 1.29 is 13.9 Å². The summed E-state index contributed by atoms with van der Waals surface area (Å²) in [7, 11) is 3.54. The van der Waals surface area contributed by atoms with E-state index in [4.69, 9.17) is 4.74 Å². The van der Waals surface area contributed by atoms with Crippen molar-refractivity contribution >= 4 is 11.6 Å². The average molecular weight is 393 g/mol. The molecule has 2 aromatic carbocycles. The highest BCUT2D eigenvalue weighted by Crippen LogP contribution is 2.29. The lowest BCUT2D eigenvalue weighted by Gasteiger charge is -2.36. The number of amides is 1. The topological polar surface area (TPSA) is 37.7 Å². The van der Waals surface area contributed by atoms with Crippen molar-refractivity contribution in [1.82, 2.24) is 9.47 Å². The van der Waals surface area contributed by atoms with Gasteiger partial charge in [-0.15, -0.1) is 0 Å². The van der Waals surface area contributed by atoms with Crippen LogP contribution < -0.4 is 9.64 Å². The molecule has 1 aromatic heterocycles. The van der Waals surface area contributed by atoms with Crippen molar-refractivity contribution in [3.63, 3.8) is 0 Å². The number of carbonyl (C=O) groups is 1. The first-order valence-electron chi connectivity index (χ1n) is 9.66. The summed E-state index contributed by atoms with van der Waals surface area (Å²) in [5.41, 5.74) is 3.49. The van der Waals surface area contributed by atoms with Crippen molar-refractivity contribution in [2.24, 2.45) is 7.05 Å². The van der Waals surface area contributed by atoms with Crippen LogP contribution in [0.2, 0.25) is 0 Å². The van der Waals surface area contributed by atoms with E-state index in [1.165, 1.54) is 12.1 Å². The Bertz CT molecular complexity index is 1010. The Balaban J connectivity index is 1.47. The van der Waals surface area contributed by atoms with Gasteiger partial charge >= 0.3 is 0 Å². The SMILES string of the molecule is COc1ccccc1N1CCN(C(=O)c2cc(-c3ccc(F)cc3)cn2C)CC1. The molecule has 0 atom stereocenters. The first-order chi connectivity index (χ1) is 14.1. The summed E-state index contributed by atoms with van der Waals surface area (Å²) in [4.78, 5) is 17.2. The van der Waals surface area contributed by atoms with Crippen LogP contribution in [0, 0.1) is 5.82 Å². The van der Waals surface area contributed by atoms with Crippen LogP contribution in [0.5, 0.6) is 5.75 Å². The van der Waals surface area contributed by atoms with E-state index in [2.05, 4.69) is 4.90 Å². The van der Waals surface area contributed by atoms with Crippen molar-refractivity contribution in [2.75, 3.05) is 38.2 Å². The monoisotopic (exact) mass is 393 g/mol. The maximum atomic E-state index is 13.2. The molecule has 0 spiro atoms. The number of ether oxygens (including phenoxy) is 1. The van der Waals surface area contributed by atoms with E-state index in [9.17, 15) is 9.18 Å². The lowest BCUT2D eigenvalue weighted by molar-refractivity contribution is 0.0737. The van der Waals surface area contributed by atoms with Gasteiger partial charge in [0.2, 0.25) is 0 Å². The van der Waals surface area contributed by atoms with E-state index in [1.54, 1.807) is 19.2 Å². The lowest BCUT2D eigenvalue weighted by atomic mass is 10.1. The molecule has 6 heteroatoms. The Morgan fingerprint density at radius 1 is 0.966 bits per heavy atom. The van der Waals surface area contributed by atoms with E-state index in [-0.39, 0.29) is 11.7 Å². The highest BCUT2D eigenvalue weighted by molar-refractivity contribution is 5.94. The first-order valence-corrected chi connectivity index (χ1v) is 9.66. The van der Waals surface area contributed by atoms with Crippen LogP contribution in [0.3, 0.4) is 0 Å². The van der Waals surface area contributed by atoms with E-state index in [1.807, 2.05) is 53.0 Å². The Kier molecular flexibility index (Phi) is 5.25. The van der Waals surface area contributed by atoms with E-state index < -0.39 is 0 Å². The number of para-hydroxylation sites is 2. The maximum absolute atomic E-state index is 13.2. The van der Waals surface area contributed by atoms with Gasteiger partial charge in [-0.05, 0) is 35.9 Å². The maximum Gasteiger partial charge on any atom is 0.270 e. The Hall–Kier alpha value is -3.28. The molecular weight excluding hydrogens is 369 g/mol. The minimum absolute atomic E-state index is 0.0144. The van der Waals surface area contributed by atoms with Crippen LogP contribution in [0.1, 0.15) is 10.5 Å². The summed E-state index contributed by atoms with van der Waals surface area (Å²) in [6, 6.07) is 16.1. The normalized spacial score (nSPS) is 14.2. The molecule has 3 aromatic rings. The third kappa shape index (κ3) is 3.83. The number of halogens is 1. The first kappa shape index (κ1) is 19.1. The van der Waals surface area contributed by atoms with E-state index >= 15 is 0 Å². The Labute approximate surface area is 169 Å². The number of hydrogen-bond acceptors (Lipinski definition) is 3. The number of rotatable bonds is 4. The van der Waals surface area contributed by atoms with Crippen LogP contribution in [0.4, 0.5) is 10.1 Å². The van der Waals surface area contributed by atoms with Crippen LogP contribution in [0.15, 0.2) is 60.8 Å². The van der Waals surface area contributed by atoms with Gasteiger partial charge in [-0.3, -0.25) is 4.79 Å². The molecule has 4 rings (SSSR count). The van der Waals surface area contributed by atoms with Crippen LogP contribution in [-0.2, 0) is 7.05 Å². The quantitative estimate of drug-likeness (QED) is 0.677. The highest BCUT2D eigenvalue weighted by atomic mass is 19.1. The number of hydrogen-bond donors (Lipinski definition) is 0. The Morgan fingerprint density at radius 2 is 1.66 bits per heavy atom. The van der Waals surface area contributed by atoms with Gasteiger partial charge in [0, 0.05) is 45.0 Å². The van der Waals surface area contributed by atoms with E-state index in [0.29, 0.717) is 18.8 Å². The molecule has 0 saturated carbocycles. The molecule has 29 heavy (non-hydrogen) atoms. The summed E-state index contributed by atoms with van der Waals surface area (Å²) in [6.45, 7) is 2.80. The summed E-state index contributed by atoms with van der Waals surface area (Å²) >= 11 is 0. The lowest BCUT2D eigenvalue weighted by Crippen LogP contribution is -2.49. The van der Waals surface area contributed by atoms with Gasteiger partial charge in [-0.2, -0.15) is 0 Å². The van der Waals surface area contributed by atoms with Crippen LogP contribution in [-0.4, -0.2) is 48.7 Å². The molecular formula is C23H24FN3O2. The number of aromatic nitrogens is 1. The number of anilines is 1. The van der Waals surface area contributed by atoms with Gasteiger partial charge < -0.3 is 19.1 Å². The molecule has 2 heterocycles. The molecule has 0 radical (unpaired) electrons. The molecule has 0 bridgehead atoms. The van der Waals surface area contributed by atoms with Crippen molar-refractivity contribution in [3.05, 3.63) is 72.3 Å². The predicted molar refractivity (Wildman–Crippen MR) is 112 cm³/mol. The average Bonchev–Trinajstić information content (AvgIpc) is 3.15. The second-order valence-corrected chi connectivity index (χ2v) is 7.18. The molecule has 1 aliphatic rings. The van der Waals surface area contributed by atoms with Gasteiger partial charge in [-0.25, -0.2) is 4.39 Å². The number of benzene rings is 2. The van der Waals surface area contributed by atoms with Crippen molar-refractivity contribution in [3.8, 4) is 16.9 Å². The summed E-state index contributed by atoms with van der Waals surface area (Å²) in [6.07, 6.45) is 1.91. The molecule has 5 nitrogen and oxygen atoms in total. The van der Waals surface area contributed by atoms with Crippen molar-refractivity contribution in [2.45, 2.75) is 0 Å². The zero-order valence-electron chi connectivity index (χ0n) is 16.6. The molecule has 1 saturated heterocycles. The zero-order valence-corrected chi connectivity index (χ0v) is 16.6. The van der Waals surface area contributed by atoms with Crippen LogP contribution in [0.25, 0.3) is 11.1 Å². The van der Waals surface area contributed by atoms with Gasteiger partial charge in [0.05, 0.1) is 12.8 Å². The highest BCUT2D eigenvalue weighted by Gasteiger charge is 2.25. The Morgan fingerprint density at radius 3 is 2.34 bits per heavy atom. The molecule has 0 aliphatic carbocycles. The number of nitrogens with zero attached hydrogens (tertiary/aromatic N) is 3. The van der Waals surface area contributed by atoms with Gasteiger partial charge in [-0.1, -0.05) is 24.3 Å². The number of piperazine rings is 1. The minimum Gasteiger partial charge on any atom is -0.495 e. The minimum atomic E-state index is -0.270. The van der Waals surface area contributed by atoms with Gasteiger partial charge in [0.25, 0.3) is 5.91 Å². The van der Waals surface area contributed by atoms with Crippen molar-refractivity contribution in [1.29, 1.82) is 0 Å². The second kappa shape index (κ2) is 7.99. The fourth-order valence-corrected chi connectivity index (χ4v) is 3.78. The third-order valence-corrected chi connectivity index (χ3v) is 5.39. The molecule has 1 aliphatic heterocycles. The standard InChI is InChI=1S/C23H24FN3O2/c1-25-16-18(17-7-9-19(24)10-8-17)15-21(25)23(28)27-13-11-26(12-14-27)20-5-3-4-6-22(20)29-2/h3-10,15-16H,11-14H2,1-2H3. The predicted octanol–water partition coefficient (Wildman–Crippen LogP) is 3.80. The third-order valence-electron chi connectivity index (χ3n) is 5.39. The van der Waals surface area contributed by atoms with Gasteiger partial charge in [0.1, 0.15) is 17.3 Å². The fourth-order valence-electron chi connectivity index (χ4n) is 3.78. The zero-order chi connectivity index (χ0) is 20.4. The molecule has 1 amide bonds. The van der Waals surface area contributed by atoms with Crippen LogP contribution >= 0.6 is 0 Å².